The number of benzene rings is 1. The molecule has 29 heavy (non-hydrogen) atoms. The lowest BCUT2D eigenvalue weighted by atomic mass is 9.94. The first kappa shape index (κ1) is 18.9. The molecular weight excluding hydrogens is 385 g/mol. The van der Waals surface area contributed by atoms with Crippen LogP contribution in [-0.4, -0.2) is 40.4 Å². The molecule has 3 aromatic rings. The number of hydrogen-bond donors (Lipinski definition) is 2. The Labute approximate surface area is 174 Å². The molecule has 2 aliphatic heterocycles. The van der Waals surface area contributed by atoms with Gasteiger partial charge in [-0.2, -0.15) is 5.10 Å². The maximum absolute atomic E-state index is 14.4. The summed E-state index contributed by atoms with van der Waals surface area (Å²) in [5, 5.41) is 4.85. The Morgan fingerprint density at radius 3 is 2.93 bits per heavy atom. The largest absolute Gasteiger partial charge is 0.298 e. The van der Waals surface area contributed by atoms with Crippen LogP contribution in [0.15, 0.2) is 36.5 Å². The van der Waals surface area contributed by atoms with Gasteiger partial charge in [-0.05, 0) is 38.5 Å². The van der Waals surface area contributed by atoms with Gasteiger partial charge in [0.05, 0.1) is 5.69 Å². The number of nitrogens with one attached hydrogen (secondary N) is 2. The van der Waals surface area contributed by atoms with Crippen molar-refractivity contribution in [3.63, 3.8) is 0 Å². The number of halogens is 1. The molecule has 0 spiro atoms. The molecule has 7 heteroatoms. The normalized spacial score (nSPS) is 22.2. The fraction of sp³-hybridized carbons (Fsp3) is 0.409. The minimum absolute atomic E-state index is 0.254. The van der Waals surface area contributed by atoms with Crippen LogP contribution in [0.1, 0.15) is 21.7 Å². The minimum atomic E-state index is -0.254. The standard InChI is InChI=1S/C22H26FN5S/c1-14-9-18(15(2)29-14)22-17(12-27-8-7-20-16(11-27)10-24-25-20)13-28(26-22)21-6-4-3-5-19(21)23/h3-6,9,13,16,20,24-25H,7-8,10-12H2,1-2H3. The molecule has 2 unspecified atom stereocenters. The van der Waals surface area contributed by atoms with Gasteiger partial charge in [0, 0.05) is 65.2 Å². The number of hydrazine groups is 1. The number of para-hydroxylation sites is 1. The monoisotopic (exact) mass is 411 g/mol. The highest BCUT2D eigenvalue weighted by molar-refractivity contribution is 7.12. The van der Waals surface area contributed by atoms with Gasteiger partial charge >= 0.3 is 0 Å². The Morgan fingerprint density at radius 1 is 1.28 bits per heavy atom. The van der Waals surface area contributed by atoms with Crippen LogP contribution in [0.5, 0.6) is 0 Å². The Morgan fingerprint density at radius 2 is 2.14 bits per heavy atom. The van der Waals surface area contributed by atoms with E-state index in [9.17, 15) is 4.39 Å². The molecule has 2 aliphatic rings. The van der Waals surface area contributed by atoms with E-state index in [0.29, 0.717) is 17.6 Å². The number of fused-ring (bicyclic) bond motifs is 1. The van der Waals surface area contributed by atoms with Gasteiger partial charge in [0.15, 0.2) is 0 Å². The summed E-state index contributed by atoms with van der Waals surface area (Å²) in [6.07, 6.45) is 3.16. The molecule has 0 saturated carbocycles. The van der Waals surface area contributed by atoms with Crippen molar-refractivity contribution in [2.24, 2.45) is 5.92 Å². The molecule has 1 aromatic carbocycles. The smallest absolute Gasteiger partial charge is 0.148 e. The zero-order valence-electron chi connectivity index (χ0n) is 16.8. The third-order valence-electron chi connectivity index (χ3n) is 6.05. The molecule has 5 nitrogen and oxygen atoms in total. The van der Waals surface area contributed by atoms with Crippen LogP contribution < -0.4 is 10.9 Å². The molecule has 0 amide bonds. The number of rotatable bonds is 4. The van der Waals surface area contributed by atoms with Crippen LogP contribution in [0.2, 0.25) is 0 Å². The van der Waals surface area contributed by atoms with Crippen LogP contribution in [0.3, 0.4) is 0 Å². The number of likely N-dealkylation sites (tertiary alicyclic amines) is 1. The van der Waals surface area contributed by atoms with Gasteiger partial charge in [-0.15, -0.1) is 11.3 Å². The second kappa shape index (κ2) is 7.65. The number of thiophene rings is 1. The van der Waals surface area contributed by atoms with Crippen molar-refractivity contribution in [2.45, 2.75) is 32.9 Å². The van der Waals surface area contributed by atoms with Crippen molar-refractivity contribution in [3.05, 3.63) is 57.7 Å². The fourth-order valence-electron chi connectivity index (χ4n) is 4.59. The van der Waals surface area contributed by atoms with Crippen LogP contribution in [0.4, 0.5) is 4.39 Å². The van der Waals surface area contributed by atoms with Gasteiger partial charge in [-0.1, -0.05) is 12.1 Å². The van der Waals surface area contributed by atoms with Crippen LogP contribution in [0, 0.1) is 25.6 Å². The first-order valence-electron chi connectivity index (χ1n) is 10.2. The predicted octanol–water partition coefficient (Wildman–Crippen LogP) is 3.66. The number of aryl methyl sites for hydroxylation is 2. The predicted molar refractivity (Wildman–Crippen MR) is 115 cm³/mol. The average Bonchev–Trinajstić information content (AvgIpc) is 3.40. The molecule has 0 radical (unpaired) electrons. The Bertz CT molecular complexity index is 1030. The zero-order chi connectivity index (χ0) is 20.0. The second-order valence-corrected chi connectivity index (χ2v) is 9.60. The van der Waals surface area contributed by atoms with E-state index in [4.69, 9.17) is 5.10 Å². The summed E-state index contributed by atoms with van der Waals surface area (Å²) < 4.78 is 16.1. The minimum Gasteiger partial charge on any atom is -0.298 e. The topological polar surface area (TPSA) is 45.1 Å². The molecule has 4 heterocycles. The van der Waals surface area contributed by atoms with E-state index in [2.05, 4.69) is 35.7 Å². The fourth-order valence-corrected chi connectivity index (χ4v) is 5.51. The van der Waals surface area contributed by atoms with E-state index in [1.165, 1.54) is 15.8 Å². The second-order valence-electron chi connectivity index (χ2n) is 8.14. The first-order valence-corrected chi connectivity index (χ1v) is 11.0. The Hall–Kier alpha value is -2.06. The van der Waals surface area contributed by atoms with E-state index in [-0.39, 0.29) is 5.82 Å². The van der Waals surface area contributed by atoms with Gasteiger partial charge < -0.3 is 0 Å². The summed E-state index contributed by atoms with van der Waals surface area (Å²) in [6.45, 7) is 8.24. The number of nitrogens with zero attached hydrogens (tertiary/aromatic N) is 3. The van der Waals surface area contributed by atoms with Crippen LogP contribution in [0.25, 0.3) is 16.9 Å². The van der Waals surface area contributed by atoms with Gasteiger partial charge in [0.25, 0.3) is 0 Å². The molecule has 2 fully saturated rings. The molecule has 2 saturated heterocycles. The lowest BCUT2D eigenvalue weighted by molar-refractivity contribution is 0.161. The van der Waals surface area contributed by atoms with E-state index in [0.717, 1.165) is 49.4 Å². The van der Waals surface area contributed by atoms with Crippen molar-refractivity contribution < 1.29 is 4.39 Å². The lowest BCUT2D eigenvalue weighted by Gasteiger charge is -2.34. The van der Waals surface area contributed by atoms with Crippen molar-refractivity contribution in [1.82, 2.24) is 25.5 Å². The highest BCUT2D eigenvalue weighted by atomic mass is 32.1. The summed E-state index contributed by atoms with van der Waals surface area (Å²) in [4.78, 5) is 5.04. The van der Waals surface area contributed by atoms with Crippen LogP contribution in [-0.2, 0) is 6.54 Å². The maximum Gasteiger partial charge on any atom is 0.148 e. The highest BCUT2D eigenvalue weighted by Crippen LogP contribution is 2.34. The first-order chi connectivity index (χ1) is 14.1. The van der Waals surface area contributed by atoms with Crippen molar-refractivity contribution in [2.75, 3.05) is 19.6 Å². The number of aromatic nitrogens is 2. The third-order valence-corrected chi connectivity index (χ3v) is 7.02. The summed E-state index contributed by atoms with van der Waals surface area (Å²) >= 11 is 1.79. The summed E-state index contributed by atoms with van der Waals surface area (Å²) in [7, 11) is 0. The van der Waals surface area contributed by atoms with Gasteiger partial charge in [-0.3, -0.25) is 15.8 Å². The molecule has 5 rings (SSSR count). The molecule has 2 aromatic heterocycles. The number of piperidine rings is 1. The van der Waals surface area contributed by atoms with E-state index >= 15 is 0 Å². The molecule has 2 atom stereocenters. The van der Waals surface area contributed by atoms with Crippen LogP contribution >= 0.6 is 11.3 Å². The van der Waals surface area contributed by atoms with E-state index in [1.807, 2.05) is 12.3 Å². The average molecular weight is 412 g/mol. The molecule has 0 bridgehead atoms. The Kier molecular flexibility index (Phi) is 4.99. The van der Waals surface area contributed by atoms with Gasteiger partial charge in [0.2, 0.25) is 0 Å². The number of hydrogen-bond acceptors (Lipinski definition) is 5. The molecular formula is C22H26FN5S. The zero-order valence-corrected chi connectivity index (χ0v) is 17.6. The van der Waals surface area contributed by atoms with Gasteiger partial charge in [-0.25, -0.2) is 9.07 Å². The molecule has 0 aliphatic carbocycles. The summed E-state index contributed by atoms with van der Waals surface area (Å²) in [6, 6.07) is 9.61. The quantitative estimate of drug-likeness (QED) is 0.688. The third kappa shape index (κ3) is 3.64. The van der Waals surface area contributed by atoms with Crippen molar-refractivity contribution >= 4 is 11.3 Å². The lowest BCUT2D eigenvalue weighted by Crippen LogP contribution is -2.44. The molecule has 152 valence electrons. The maximum atomic E-state index is 14.4. The Balaban J connectivity index is 1.51. The summed E-state index contributed by atoms with van der Waals surface area (Å²) in [5.41, 5.74) is 10.5. The van der Waals surface area contributed by atoms with Crippen molar-refractivity contribution in [1.29, 1.82) is 0 Å². The van der Waals surface area contributed by atoms with E-state index < -0.39 is 0 Å². The van der Waals surface area contributed by atoms with Gasteiger partial charge in [0.1, 0.15) is 11.5 Å². The summed E-state index contributed by atoms with van der Waals surface area (Å²) in [5.74, 6) is 0.384. The van der Waals surface area contributed by atoms with Crippen molar-refractivity contribution in [3.8, 4) is 16.9 Å². The molecule has 2 N–H and O–H groups in total. The highest BCUT2D eigenvalue weighted by Gasteiger charge is 2.33. The van der Waals surface area contributed by atoms with E-state index in [1.54, 1.807) is 28.2 Å². The SMILES string of the molecule is Cc1cc(-c2nn(-c3ccccc3F)cc2CN2CCC3NNCC3C2)c(C)s1.